The second-order valence-electron chi connectivity index (χ2n) is 3.18. The number of aromatic nitrogens is 1. The van der Waals surface area contributed by atoms with E-state index in [1.165, 1.54) is 6.07 Å². The quantitative estimate of drug-likeness (QED) is 0.858. The summed E-state index contributed by atoms with van der Waals surface area (Å²) in [6, 6.07) is 10.2. The summed E-state index contributed by atoms with van der Waals surface area (Å²) >= 11 is 3.18. The molecule has 0 bridgehead atoms. The first-order valence-corrected chi connectivity index (χ1v) is 5.53. The average Bonchev–Trinajstić information content (AvgIpc) is 2.29. The summed E-state index contributed by atoms with van der Waals surface area (Å²) in [5.74, 6) is -0.154. The SMILES string of the molecule is Fc1cc(Br)ccc1OCc1ccccn1. The van der Waals surface area contributed by atoms with Crippen LogP contribution in [-0.4, -0.2) is 4.98 Å². The Balaban J connectivity index is 2.05. The molecule has 2 aromatic rings. The van der Waals surface area contributed by atoms with E-state index in [1.807, 2.05) is 18.2 Å². The molecule has 0 aliphatic carbocycles. The molecule has 0 fully saturated rings. The van der Waals surface area contributed by atoms with Crippen molar-refractivity contribution in [3.8, 4) is 5.75 Å². The average molecular weight is 282 g/mol. The van der Waals surface area contributed by atoms with Crippen molar-refractivity contribution in [2.24, 2.45) is 0 Å². The van der Waals surface area contributed by atoms with Gasteiger partial charge < -0.3 is 4.74 Å². The normalized spacial score (nSPS) is 10.1. The third-order valence-corrected chi connectivity index (χ3v) is 2.49. The first-order valence-electron chi connectivity index (χ1n) is 4.73. The van der Waals surface area contributed by atoms with E-state index in [2.05, 4.69) is 20.9 Å². The van der Waals surface area contributed by atoms with Crippen LogP contribution in [-0.2, 0) is 6.61 Å². The highest BCUT2D eigenvalue weighted by Gasteiger charge is 2.04. The summed E-state index contributed by atoms with van der Waals surface area (Å²) < 4.78 is 19.4. The van der Waals surface area contributed by atoms with Gasteiger partial charge in [-0.2, -0.15) is 0 Å². The minimum Gasteiger partial charge on any atom is -0.484 e. The minimum atomic E-state index is -0.384. The Morgan fingerprint density at radius 3 is 2.81 bits per heavy atom. The lowest BCUT2D eigenvalue weighted by molar-refractivity contribution is 0.286. The van der Waals surface area contributed by atoms with Crippen LogP contribution in [0.2, 0.25) is 0 Å². The Labute approximate surface area is 101 Å². The van der Waals surface area contributed by atoms with Gasteiger partial charge in [-0.3, -0.25) is 4.98 Å². The Hall–Kier alpha value is -1.42. The van der Waals surface area contributed by atoms with Crippen LogP contribution in [0.1, 0.15) is 5.69 Å². The van der Waals surface area contributed by atoms with Crippen LogP contribution in [0.3, 0.4) is 0 Å². The maximum absolute atomic E-state index is 13.4. The van der Waals surface area contributed by atoms with Crippen LogP contribution in [0.4, 0.5) is 4.39 Å². The third kappa shape index (κ3) is 2.79. The fraction of sp³-hybridized carbons (Fsp3) is 0.0833. The molecule has 0 amide bonds. The molecule has 2 nitrogen and oxygen atoms in total. The first-order chi connectivity index (χ1) is 7.75. The van der Waals surface area contributed by atoms with E-state index in [4.69, 9.17) is 4.74 Å². The number of benzene rings is 1. The maximum atomic E-state index is 13.4. The van der Waals surface area contributed by atoms with Crippen LogP contribution < -0.4 is 4.74 Å². The lowest BCUT2D eigenvalue weighted by atomic mass is 10.3. The number of halogens is 2. The van der Waals surface area contributed by atoms with Crippen molar-refractivity contribution in [2.45, 2.75) is 6.61 Å². The molecule has 1 aromatic heterocycles. The lowest BCUT2D eigenvalue weighted by Gasteiger charge is -2.06. The molecule has 0 atom stereocenters. The molecule has 0 saturated carbocycles. The second-order valence-corrected chi connectivity index (χ2v) is 4.10. The van der Waals surface area contributed by atoms with Crippen LogP contribution in [0.25, 0.3) is 0 Å². The van der Waals surface area contributed by atoms with Gasteiger partial charge >= 0.3 is 0 Å². The van der Waals surface area contributed by atoms with Gasteiger partial charge in [0, 0.05) is 10.7 Å². The van der Waals surface area contributed by atoms with E-state index < -0.39 is 0 Å². The third-order valence-electron chi connectivity index (χ3n) is 2.00. The fourth-order valence-corrected chi connectivity index (χ4v) is 1.56. The van der Waals surface area contributed by atoms with Gasteiger partial charge in [0.05, 0.1) is 5.69 Å². The van der Waals surface area contributed by atoms with E-state index in [9.17, 15) is 4.39 Å². The molecule has 82 valence electrons. The Morgan fingerprint density at radius 2 is 2.12 bits per heavy atom. The first kappa shape index (κ1) is 11.1. The molecule has 4 heteroatoms. The van der Waals surface area contributed by atoms with Crippen molar-refractivity contribution < 1.29 is 9.13 Å². The van der Waals surface area contributed by atoms with Gasteiger partial charge in [-0.05, 0) is 30.3 Å². The van der Waals surface area contributed by atoms with Gasteiger partial charge in [0.2, 0.25) is 0 Å². The predicted octanol–water partition coefficient (Wildman–Crippen LogP) is 3.56. The zero-order chi connectivity index (χ0) is 11.4. The molecule has 0 unspecified atom stereocenters. The number of pyridine rings is 1. The summed E-state index contributed by atoms with van der Waals surface area (Å²) in [5, 5.41) is 0. The van der Waals surface area contributed by atoms with Crippen molar-refractivity contribution >= 4 is 15.9 Å². The molecule has 0 radical (unpaired) electrons. The van der Waals surface area contributed by atoms with Gasteiger partial charge in [-0.25, -0.2) is 4.39 Å². The summed E-state index contributed by atoms with van der Waals surface area (Å²) in [5.41, 5.74) is 0.768. The molecule has 0 saturated heterocycles. The number of rotatable bonds is 3. The monoisotopic (exact) mass is 281 g/mol. The summed E-state index contributed by atoms with van der Waals surface area (Å²) in [7, 11) is 0. The number of hydrogen-bond acceptors (Lipinski definition) is 2. The standard InChI is InChI=1S/C12H9BrFNO/c13-9-4-5-12(11(14)7-9)16-8-10-3-1-2-6-15-10/h1-7H,8H2. The zero-order valence-electron chi connectivity index (χ0n) is 8.36. The number of hydrogen-bond donors (Lipinski definition) is 0. The van der Waals surface area contributed by atoms with Crippen LogP contribution in [0, 0.1) is 5.82 Å². The summed E-state index contributed by atoms with van der Waals surface area (Å²) in [6.07, 6.45) is 1.68. The van der Waals surface area contributed by atoms with Gasteiger partial charge in [-0.1, -0.05) is 22.0 Å². The van der Waals surface area contributed by atoms with E-state index in [0.717, 1.165) is 5.69 Å². The molecular formula is C12H9BrFNO. The van der Waals surface area contributed by atoms with E-state index in [0.29, 0.717) is 4.47 Å². The molecular weight excluding hydrogens is 273 g/mol. The van der Waals surface area contributed by atoms with Crippen molar-refractivity contribution in [1.29, 1.82) is 0 Å². The van der Waals surface area contributed by atoms with E-state index in [-0.39, 0.29) is 18.2 Å². The van der Waals surface area contributed by atoms with Crippen molar-refractivity contribution in [2.75, 3.05) is 0 Å². The Kier molecular flexibility index (Phi) is 3.51. The topological polar surface area (TPSA) is 22.1 Å². The van der Waals surface area contributed by atoms with E-state index in [1.54, 1.807) is 18.3 Å². The lowest BCUT2D eigenvalue weighted by Crippen LogP contribution is -1.99. The molecule has 0 spiro atoms. The minimum absolute atomic E-state index is 0.230. The Bertz CT molecular complexity index is 476. The van der Waals surface area contributed by atoms with Crippen LogP contribution in [0.5, 0.6) is 5.75 Å². The molecule has 0 N–H and O–H groups in total. The largest absolute Gasteiger partial charge is 0.484 e. The number of ether oxygens (including phenoxy) is 1. The van der Waals surface area contributed by atoms with Gasteiger partial charge in [0.1, 0.15) is 6.61 Å². The van der Waals surface area contributed by atoms with Crippen LogP contribution >= 0.6 is 15.9 Å². The highest BCUT2D eigenvalue weighted by Crippen LogP contribution is 2.21. The van der Waals surface area contributed by atoms with Crippen LogP contribution in [0.15, 0.2) is 47.1 Å². The summed E-state index contributed by atoms with van der Waals surface area (Å²) in [4.78, 5) is 4.08. The number of nitrogens with zero attached hydrogens (tertiary/aromatic N) is 1. The molecule has 0 aliphatic heterocycles. The fourth-order valence-electron chi connectivity index (χ4n) is 1.23. The highest BCUT2D eigenvalue weighted by molar-refractivity contribution is 9.10. The molecule has 1 heterocycles. The second kappa shape index (κ2) is 5.07. The van der Waals surface area contributed by atoms with Gasteiger partial charge in [0.15, 0.2) is 11.6 Å². The van der Waals surface area contributed by atoms with Crippen molar-refractivity contribution in [3.05, 3.63) is 58.6 Å². The highest BCUT2D eigenvalue weighted by atomic mass is 79.9. The Morgan fingerprint density at radius 1 is 1.25 bits per heavy atom. The smallest absolute Gasteiger partial charge is 0.166 e. The van der Waals surface area contributed by atoms with Crippen molar-refractivity contribution in [3.63, 3.8) is 0 Å². The molecule has 0 aliphatic rings. The maximum Gasteiger partial charge on any atom is 0.166 e. The van der Waals surface area contributed by atoms with Gasteiger partial charge in [-0.15, -0.1) is 0 Å². The summed E-state index contributed by atoms with van der Waals surface area (Å²) in [6.45, 7) is 0.263. The molecule has 1 aromatic carbocycles. The van der Waals surface area contributed by atoms with E-state index >= 15 is 0 Å². The molecule has 16 heavy (non-hydrogen) atoms. The van der Waals surface area contributed by atoms with Crippen molar-refractivity contribution in [1.82, 2.24) is 4.98 Å². The molecule has 2 rings (SSSR count). The van der Waals surface area contributed by atoms with Gasteiger partial charge in [0.25, 0.3) is 0 Å². The predicted molar refractivity (Wildman–Crippen MR) is 62.7 cm³/mol. The zero-order valence-corrected chi connectivity index (χ0v) is 9.95.